The second-order valence-electron chi connectivity index (χ2n) is 6.81. The summed E-state index contributed by atoms with van der Waals surface area (Å²) >= 11 is 1.50. The SMILES string of the molecule is CC(C)(C)OC(=O)NC1=NC2CN(c3ncc(F)cn3)CC2CS1. The van der Waals surface area contributed by atoms with Gasteiger partial charge in [0.15, 0.2) is 11.0 Å². The Morgan fingerprint density at radius 2 is 2.08 bits per heavy atom. The molecule has 2 atom stereocenters. The van der Waals surface area contributed by atoms with Gasteiger partial charge in [0.1, 0.15) is 5.60 Å². The molecule has 0 aromatic carbocycles. The highest BCUT2D eigenvalue weighted by molar-refractivity contribution is 8.13. The van der Waals surface area contributed by atoms with Gasteiger partial charge in [0.25, 0.3) is 0 Å². The van der Waals surface area contributed by atoms with Crippen LogP contribution < -0.4 is 10.2 Å². The summed E-state index contributed by atoms with van der Waals surface area (Å²) in [4.78, 5) is 26.5. The fourth-order valence-corrected chi connectivity index (χ4v) is 3.69. The molecule has 1 fully saturated rings. The van der Waals surface area contributed by atoms with E-state index in [1.54, 1.807) is 0 Å². The van der Waals surface area contributed by atoms with Crippen molar-refractivity contribution >= 4 is 29.0 Å². The first kappa shape index (κ1) is 16.9. The number of rotatable bonds is 1. The van der Waals surface area contributed by atoms with Crippen LogP contribution in [-0.2, 0) is 4.74 Å². The number of amidine groups is 1. The minimum atomic E-state index is -0.545. The summed E-state index contributed by atoms with van der Waals surface area (Å²) in [6.45, 7) is 6.87. The van der Waals surface area contributed by atoms with Crippen LogP contribution in [0.5, 0.6) is 0 Å². The number of thioether (sulfide) groups is 1. The molecule has 2 aliphatic rings. The zero-order valence-corrected chi connectivity index (χ0v) is 14.6. The highest BCUT2D eigenvalue weighted by Gasteiger charge is 2.37. The van der Waals surface area contributed by atoms with Crippen LogP contribution in [0.15, 0.2) is 17.4 Å². The Balaban J connectivity index is 1.62. The van der Waals surface area contributed by atoms with Crippen molar-refractivity contribution in [2.24, 2.45) is 10.9 Å². The number of hydrogen-bond donors (Lipinski definition) is 1. The number of nitrogens with one attached hydrogen (secondary N) is 1. The van der Waals surface area contributed by atoms with Crippen LogP contribution in [0.25, 0.3) is 0 Å². The number of aromatic nitrogens is 2. The Kier molecular flexibility index (Phi) is 4.62. The normalized spacial score (nSPS) is 23.5. The van der Waals surface area contributed by atoms with E-state index < -0.39 is 17.5 Å². The zero-order valence-electron chi connectivity index (χ0n) is 13.8. The first-order valence-corrected chi connectivity index (χ1v) is 8.72. The van der Waals surface area contributed by atoms with Crippen molar-refractivity contribution in [3.8, 4) is 0 Å². The second-order valence-corrected chi connectivity index (χ2v) is 7.81. The summed E-state index contributed by atoms with van der Waals surface area (Å²) in [5, 5.41) is 3.28. The van der Waals surface area contributed by atoms with Crippen molar-refractivity contribution < 1.29 is 13.9 Å². The van der Waals surface area contributed by atoms with Gasteiger partial charge in [-0.2, -0.15) is 0 Å². The smallest absolute Gasteiger partial charge is 0.413 e. The van der Waals surface area contributed by atoms with Crippen molar-refractivity contribution in [3.05, 3.63) is 18.2 Å². The van der Waals surface area contributed by atoms with Gasteiger partial charge in [0.05, 0.1) is 18.4 Å². The lowest BCUT2D eigenvalue weighted by molar-refractivity contribution is 0.0564. The molecule has 0 bridgehead atoms. The predicted octanol–water partition coefficient (Wildman–Crippen LogP) is 2.05. The molecular formula is C15H20FN5O2S. The summed E-state index contributed by atoms with van der Waals surface area (Å²) < 4.78 is 18.2. The van der Waals surface area contributed by atoms with Crippen molar-refractivity contribution in [3.63, 3.8) is 0 Å². The Morgan fingerprint density at radius 1 is 1.38 bits per heavy atom. The second kappa shape index (κ2) is 6.54. The molecule has 130 valence electrons. The maximum atomic E-state index is 12.9. The molecule has 7 nitrogen and oxygen atoms in total. The number of alkyl carbamates (subject to hydrolysis) is 1. The van der Waals surface area contributed by atoms with Crippen molar-refractivity contribution in [2.75, 3.05) is 23.7 Å². The molecule has 0 saturated carbocycles. The average molecular weight is 353 g/mol. The van der Waals surface area contributed by atoms with Gasteiger partial charge in [-0.25, -0.2) is 19.2 Å². The Labute approximate surface area is 144 Å². The summed E-state index contributed by atoms with van der Waals surface area (Å²) in [6, 6.07) is 0.0600. The molecule has 0 aliphatic carbocycles. The molecule has 1 saturated heterocycles. The fourth-order valence-electron chi connectivity index (χ4n) is 2.63. The van der Waals surface area contributed by atoms with Crippen molar-refractivity contribution in [1.82, 2.24) is 15.3 Å². The number of carbonyl (C=O) groups excluding carboxylic acids is 1. The number of ether oxygens (including phenoxy) is 1. The lowest BCUT2D eigenvalue weighted by atomic mass is 10.1. The molecule has 1 aromatic rings. The molecule has 3 heterocycles. The molecule has 9 heteroatoms. The van der Waals surface area contributed by atoms with E-state index in [-0.39, 0.29) is 6.04 Å². The Hall–Kier alpha value is -1.90. The van der Waals surface area contributed by atoms with Crippen LogP contribution >= 0.6 is 11.8 Å². The third-order valence-electron chi connectivity index (χ3n) is 3.62. The number of aliphatic imine (C=N–C) groups is 1. The Bertz CT molecular complexity index is 646. The van der Waals surface area contributed by atoms with E-state index in [0.29, 0.717) is 23.6 Å². The molecule has 3 rings (SSSR count). The van der Waals surface area contributed by atoms with E-state index in [0.717, 1.165) is 24.7 Å². The summed E-state index contributed by atoms with van der Waals surface area (Å²) in [5.74, 6) is 1.25. The minimum absolute atomic E-state index is 0.0600. The third kappa shape index (κ3) is 4.14. The molecular weight excluding hydrogens is 333 g/mol. The molecule has 1 N–H and O–H groups in total. The fraction of sp³-hybridized carbons (Fsp3) is 0.600. The number of halogens is 1. The standard InChI is InChI=1S/C15H20FN5O2S/c1-15(2,3)23-14(22)20-13-19-11-7-21(6-9(11)8-24-13)12-17-4-10(16)5-18-12/h4-5,9,11H,6-8H2,1-3H3,(H,19,20,22). The van der Waals surface area contributed by atoms with Gasteiger partial charge in [0, 0.05) is 24.8 Å². The van der Waals surface area contributed by atoms with Gasteiger partial charge in [-0.15, -0.1) is 0 Å². The van der Waals surface area contributed by atoms with E-state index >= 15 is 0 Å². The quantitative estimate of drug-likeness (QED) is 0.832. The topological polar surface area (TPSA) is 79.7 Å². The summed E-state index contributed by atoms with van der Waals surface area (Å²) in [5.41, 5.74) is -0.545. The van der Waals surface area contributed by atoms with E-state index in [1.807, 2.05) is 25.7 Å². The lowest BCUT2D eigenvalue weighted by Gasteiger charge is -2.23. The van der Waals surface area contributed by atoms with E-state index in [4.69, 9.17) is 4.74 Å². The molecule has 0 radical (unpaired) electrons. The summed E-state index contributed by atoms with van der Waals surface area (Å²) in [7, 11) is 0. The van der Waals surface area contributed by atoms with Crippen LogP contribution in [0, 0.1) is 11.7 Å². The lowest BCUT2D eigenvalue weighted by Crippen LogP contribution is -2.38. The minimum Gasteiger partial charge on any atom is -0.444 e. The number of fused-ring (bicyclic) bond motifs is 1. The maximum Gasteiger partial charge on any atom is 0.413 e. The average Bonchev–Trinajstić information content (AvgIpc) is 2.89. The van der Waals surface area contributed by atoms with Gasteiger partial charge in [-0.05, 0) is 20.8 Å². The van der Waals surface area contributed by atoms with Crippen LogP contribution in [0.4, 0.5) is 15.1 Å². The highest BCUT2D eigenvalue weighted by Crippen LogP contribution is 2.30. The molecule has 2 aliphatic heterocycles. The number of hydrogen-bond acceptors (Lipinski definition) is 7. The highest BCUT2D eigenvalue weighted by atomic mass is 32.2. The monoisotopic (exact) mass is 353 g/mol. The van der Waals surface area contributed by atoms with Crippen LogP contribution in [0.1, 0.15) is 20.8 Å². The van der Waals surface area contributed by atoms with Gasteiger partial charge in [-0.1, -0.05) is 11.8 Å². The molecule has 24 heavy (non-hydrogen) atoms. The van der Waals surface area contributed by atoms with Crippen LogP contribution in [0.2, 0.25) is 0 Å². The van der Waals surface area contributed by atoms with Crippen molar-refractivity contribution in [1.29, 1.82) is 0 Å². The number of anilines is 1. The zero-order chi connectivity index (χ0) is 17.3. The molecule has 1 amide bonds. The predicted molar refractivity (Wildman–Crippen MR) is 90.7 cm³/mol. The number of nitrogens with zero attached hydrogens (tertiary/aromatic N) is 4. The van der Waals surface area contributed by atoms with E-state index in [9.17, 15) is 9.18 Å². The van der Waals surface area contributed by atoms with Gasteiger partial charge in [-0.3, -0.25) is 10.3 Å². The molecule has 2 unspecified atom stereocenters. The van der Waals surface area contributed by atoms with Gasteiger partial charge in [0.2, 0.25) is 5.95 Å². The van der Waals surface area contributed by atoms with Gasteiger partial charge >= 0.3 is 6.09 Å². The van der Waals surface area contributed by atoms with Crippen LogP contribution in [0.3, 0.4) is 0 Å². The molecule has 1 aromatic heterocycles. The van der Waals surface area contributed by atoms with Gasteiger partial charge < -0.3 is 9.64 Å². The van der Waals surface area contributed by atoms with E-state index in [1.165, 1.54) is 11.8 Å². The first-order chi connectivity index (χ1) is 11.3. The third-order valence-corrected chi connectivity index (χ3v) is 4.70. The Morgan fingerprint density at radius 3 is 2.75 bits per heavy atom. The number of amides is 1. The first-order valence-electron chi connectivity index (χ1n) is 7.73. The molecule has 0 spiro atoms. The summed E-state index contributed by atoms with van der Waals surface area (Å²) in [6.07, 6.45) is 1.83. The largest absolute Gasteiger partial charge is 0.444 e. The number of carbonyl (C=O) groups is 1. The maximum absolute atomic E-state index is 12.9. The van der Waals surface area contributed by atoms with E-state index in [2.05, 4.69) is 20.3 Å². The van der Waals surface area contributed by atoms with Crippen LogP contribution in [-0.4, -0.2) is 51.7 Å². The van der Waals surface area contributed by atoms with Crippen molar-refractivity contribution in [2.45, 2.75) is 32.4 Å².